The molecule has 0 bridgehead atoms. The van der Waals surface area contributed by atoms with Crippen molar-refractivity contribution in [1.29, 1.82) is 0 Å². The van der Waals surface area contributed by atoms with Gasteiger partial charge in [0.1, 0.15) is 0 Å². The van der Waals surface area contributed by atoms with Crippen molar-refractivity contribution in [3.63, 3.8) is 0 Å². The summed E-state index contributed by atoms with van der Waals surface area (Å²) in [6.07, 6.45) is 0.421. The third-order valence-electron chi connectivity index (χ3n) is 3.72. The molecule has 1 N–H and O–H groups in total. The maximum atomic E-state index is 12.5. The number of thiazole rings is 1. The van der Waals surface area contributed by atoms with Crippen LogP contribution in [-0.2, 0) is 16.0 Å². The highest BCUT2D eigenvalue weighted by Crippen LogP contribution is 2.29. The van der Waals surface area contributed by atoms with E-state index in [1.807, 2.05) is 12.3 Å². The first-order chi connectivity index (χ1) is 11.0. The summed E-state index contributed by atoms with van der Waals surface area (Å²) in [7, 11) is 0. The van der Waals surface area contributed by atoms with Crippen LogP contribution in [0.25, 0.3) is 0 Å². The molecule has 1 aliphatic heterocycles. The van der Waals surface area contributed by atoms with E-state index in [9.17, 15) is 19.5 Å². The van der Waals surface area contributed by atoms with E-state index in [2.05, 4.69) is 4.98 Å². The summed E-state index contributed by atoms with van der Waals surface area (Å²) in [5, 5.41) is 12.1. The Morgan fingerprint density at radius 2 is 2.09 bits per heavy atom. The van der Waals surface area contributed by atoms with E-state index in [0.717, 1.165) is 15.6 Å². The molecule has 0 aliphatic carbocycles. The minimum Gasteiger partial charge on any atom is -0.480 e. The molecule has 2 amide bonds. The van der Waals surface area contributed by atoms with Gasteiger partial charge in [0.25, 0.3) is 5.91 Å². The van der Waals surface area contributed by atoms with Crippen molar-refractivity contribution in [3.05, 3.63) is 51.5 Å². The summed E-state index contributed by atoms with van der Waals surface area (Å²) >= 11 is 1.46. The zero-order chi connectivity index (χ0) is 16.6. The van der Waals surface area contributed by atoms with Crippen molar-refractivity contribution in [2.24, 2.45) is 0 Å². The van der Waals surface area contributed by atoms with Crippen LogP contribution < -0.4 is 0 Å². The molecule has 1 aromatic heterocycles. The zero-order valence-electron chi connectivity index (χ0n) is 12.4. The lowest BCUT2D eigenvalue weighted by Crippen LogP contribution is -2.47. The third kappa shape index (κ3) is 2.75. The van der Waals surface area contributed by atoms with Crippen LogP contribution in [0.1, 0.15) is 32.5 Å². The van der Waals surface area contributed by atoms with Crippen molar-refractivity contribution in [1.82, 2.24) is 9.88 Å². The van der Waals surface area contributed by atoms with E-state index in [-0.39, 0.29) is 17.7 Å². The summed E-state index contributed by atoms with van der Waals surface area (Å²) in [6.45, 7) is 2.00. The number of carbonyl (C=O) groups is 3. The van der Waals surface area contributed by atoms with Crippen LogP contribution in [-0.4, -0.2) is 39.3 Å². The quantitative estimate of drug-likeness (QED) is 0.683. The molecule has 1 aliphatic rings. The van der Waals surface area contributed by atoms with Gasteiger partial charge in [0.05, 0.1) is 5.01 Å². The molecule has 2 heterocycles. The Morgan fingerprint density at radius 1 is 1.35 bits per heavy atom. The number of imide groups is 1. The van der Waals surface area contributed by atoms with Gasteiger partial charge in [0.15, 0.2) is 5.92 Å². The third-order valence-corrected chi connectivity index (χ3v) is 4.75. The van der Waals surface area contributed by atoms with Gasteiger partial charge in [-0.25, -0.2) is 4.98 Å². The average Bonchev–Trinajstić information content (AvgIpc) is 2.92. The lowest BCUT2D eigenvalue weighted by atomic mass is 9.88. The van der Waals surface area contributed by atoms with Crippen LogP contribution in [0.15, 0.2) is 29.6 Å². The smallest absolute Gasteiger partial charge is 0.320 e. The minimum atomic E-state index is -1.33. The minimum absolute atomic E-state index is 0.128. The second-order valence-electron chi connectivity index (χ2n) is 5.29. The first-order valence-corrected chi connectivity index (χ1v) is 7.95. The topological polar surface area (TPSA) is 87.6 Å². The second kappa shape index (κ2) is 5.92. The van der Waals surface area contributed by atoms with Gasteiger partial charge in [-0.1, -0.05) is 18.2 Å². The number of amides is 2. The fourth-order valence-electron chi connectivity index (χ4n) is 2.65. The van der Waals surface area contributed by atoms with Gasteiger partial charge in [-0.05, 0) is 18.6 Å². The number of carbonyl (C=O) groups excluding carboxylic acids is 2. The zero-order valence-corrected chi connectivity index (χ0v) is 13.2. The van der Waals surface area contributed by atoms with Crippen LogP contribution in [0.3, 0.4) is 0 Å². The molecule has 6 nitrogen and oxygen atoms in total. The lowest BCUT2D eigenvalue weighted by molar-refractivity contribution is -0.146. The van der Waals surface area contributed by atoms with Crippen molar-refractivity contribution in [2.45, 2.75) is 19.3 Å². The van der Waals surface area contributed by atoms with Gasteiger partial charge in [-0.15, -0.1) is 11.3 Å². The van der Waals surface area contributed by atoms with Gasteiger partial charge >= 0.3 is 5.97 Å². The fraction of sp³-hybridized carbons (Fsp3) is 0.250. The van der Waals surface area contributed by atoms with Crippen LogP contribution in [0.5, 0.6) is 0 Å². The molecular formula is C16H14N2O4S. The van der Waals surface area contributed by atoms with Gasteiger partial charge in [-0.3, -0.25) is 19.3 Å². The standard InChI is InChI=1S/C16H14N2O4S/c1-9-8-23-12(17-9)6-7-18-14(19)11-5-3-2-4-10(11)13(15(18)20)16(21)22/h2-5,8,13H,6-7H2,1H3,(H,21,22). The predicted molar refractivity (Wildman–Crippen MR) is 83.4 cm³/mol. The number of hydrogen-bond acceptors (Lipinski definition) is 5. The number of aliphatic carboxylic acids is 1. The Morgan fingerprint density at radius 3 is 2.74 bits per heavy atom. The Labute approximate surface area is 136 Å². The molecule has 0 saturated heterocycles. The molecule has 118 valence electrons. The van der Waals surface area contributed by atoms with Crippen molar-refractivity contribution >= 4 is 29.1 Å². The second-order valence-corrected chi connectivity index (χ2v) is 6.23. The number of aryl methyl sites for hydroxylation is 1. The highest BCUT2D eigenvalue weighted by Gasteiger charge is 2.42. The van der Waals surface area contributed by atoms with E-state index >= 15 is 0 Å². The molecule has 1 atom stereocenters. The molecule has 3 rings (SSSR count). The lowest BCUT2D eigenvalue weighted by Gasteiger charge is -2.30. The van der Waals surface area contributed by atoms with Crippen molar-refractivity contribution < 1.29 is 19.5 Å². The van der Waals surface area contributed by atoms with Crippen molar-refractivity contribution in [2.75, 3.05) is 6.54 Å². The van der Waals surface area contributed by atoms with E-state index in [1.165, 1.54) is 17.4 Å². The Balaban J connectivity index is 1.90. The molecule has 0 spiro atoms. The normalized spacial score (nSPS) is 17.3. The van der Waals surface area contributed by atoms with Crippen molar-refractivity contribution in [3.8, 4) is 0 Å². The molecule has 2 aromatic rings. The van der Waals surface area contributed by atoms with E-state index < -0.39 is 23.7 Å². The predicted octanol–water partition coefficient (Wildman–Crippen LogP) is 1.84. The SMILES string of the molecule is Cc1csc(CCN2C(=O)c3ccccc3C(C(=O)O)C2=O)n1. The Hall–Kier alpha value is -2.54. The molecule has 0 saturated carbocycles. The first-order valence-electron chi connectivity index (χ1n) is 7.07. The summed E-state index contributed by atoms with van der Waals surface area (Å²) < 4.78 is 0. The number of hydrogen-bond donors (Lipinski definition) is 1. The number of fused-ring (bicyclic) bond motifs is 1. The van der Waals surface area contributed by atoms with Gasteiger partial charge in [0.2, 0.25) is 5.91 Å². The highest BCUT2D eigenvalue weighted by molar-refractivity contribution is 7.09. The van der Waals surface area contributed by atoms with Crippen LogP contribution in [0, 0.1) is 6.92 Å². The maximum Gasteiger partial charge on any atom is 0.320 e. The molecule has 0 radical (unpaired) electrons. The van der Waals surface area contributed by atoms with Crippen LogP contribution in [0.2, 0.25) is 0 Å². The summed E-state index contributed by atoms with van der Waals surface area (Å²) in [4.78, 5) is 41.8. The summed E-state index contributed by atoms with van der Waals surface area (Å²) in [5.74, 6) is -3.71. The van der Waals surface area contributed by atoms with E-state index in [0.29, 0.717) is 6.42 Å². The number of carboxylic acid groups (broad SMARTS) is 1. The van der Waals surface area contributed by atoms with Gasteiger partial charge in [0, 0.05) is 29.6 Å². The van der Waals surface area contributed by atoms with Crippen LogP contribution in [0.4, 0.5) is 0 Å². The van der Waals surface area contributed by atoms with Gasteiger partial charge in [-0.2, -0.15) is 0 Å². The number of aromatic nitrogens is 1. The molecule has 7 heteroatoms. The van der Waals surface area contributed by atoms with Crippen LogP contribution >= 0.6 is 11.3 Å². The number of rotatable bonds is 4. The monoisotopic (exact) mass is 330 g/mol. The Kier molecular flexibility index (Phi) is 3.96. The Bertz CT molecular complexity index is 799. The number of nitrogens with zero attached hydrogens (tertiary/aromatic N) is 2. The summed E-state index contributed by atoms with van der Waals surface area (Å²) in [6, 6.07) is 6.36. The van der Waals surface area contributed by atoms with E-state index in [1.54, 1.807) is 18.2 Å². The first kappa shape index (κ1) is 15.4. The molecule has 1 aromatic carbocycles. The van der Waals surface area contributed by atoms with E-state index in [4.69, 9.17) is 0 Å². The maximum absolute atomic E-state index is 12.5. The molecule has 1 unspecified atom stereocenters. The fourth-order valence-corrected chi connectivity index (χ4v) is 3.42. The molecular weight excluding hydrogens is 316 g/mol. The largest absolute Gasteiger partial charge is 0.480 e. The highest BCUT2D eigenvalue weighted by atomic mass is 32.1. The number of carboxylic acids is 1. The number of benzene rings is 1. The summed E-state index contributed by atoms with van der Waals surface area (Å²) in [5.41, 5.74) is 1.42. The van der Waals surface area contributed by atoms with Gasteiger partial charge < -0.3 is 5.11 Å². The molecule has 0 fully saturated rings. The average molecular weight is 330 g/mol. The molecule has 23 heavy (non-hydrogen) atoms.